The molecule has 2 aromatic carbocycles. The quantitative estimate of drug-likeness (QED) is 0.545. The monoisotopic (exact) mass is 333 g/mol. The number of hydrogen-bond donors (Lipinski definition) is 0. The lowest BCUT2D eigenvalue weighted by Gasteiger charge is -2.23. The first-order valence-corrected chi connectivity index (χ1v) is 12.2. The van der Waals surface area contributed by atoms with E-state index < -0.39 is 8.07 Å². The van der Waals surface area contributed by atoms with E-state index in [1.54, 1.807) is 0 Å². The third-order valence-electron chi connectivity index (χ3n) is 4.59. The second kappa shape index (κ2) is 5.85. The fourth-order valence-electron chi connectivity index (χ4n) is 3.13. The third kappa shape index (κ3) is 3.29. The van der Waals surface area contributed by atoms with Crippen LogP contribution < -0.4 is 5.19 Å². The maximum Gasteiger partial charge on any atom is 0.0777 e. The van der Waals surface area contributed by atoms with Gasteiger partial charge in [-0.15, -0.1) is 0 Å². The van der Waals surface area contributed by atoms with Gasteiger partial charge in [-0.2, -0.15) is 0 Å². The minimum Gasteiger partial charge on any atom is -0.256 e. The van der Waals surface area contributed by atoms with E-state index in [4.69, 9.17) is 0 Å². The third-order valence-corrected chi connectivity index (χ3v) is 6.63. The molecule has 0 amide bonds. The van der Waals surface area contributed by atoms with Crippen molar-refractivity contribution in [1.82, 2.24) is 4.98 Å². The Labute approximate surface area is 146 Å². The van der Waals surface area contributed by atoms with Crippen molar-refractivity contribution in [2.45, 2.75) is 45.8 Å². The molecule has 1 heterocycles. The summed E-state index contributed by atoms with van der Waals surface area (Å²) in [7, 11) is -1.34. The second-order valence-electron chi connectivity index (χ2n) is 8.67. The standard InChI is InChI=1S/C22H27NSi/c1-22(2,3)20-14-17(13-16-9-7-8-10-19(16)20)21-15-18(11-12-23-21)24(4,5)6/h7-15H,1-6H3. The molecule has 0 aliphatic heterocycles. The summed E-state index contributed by atoms with van der Waals surface area (Å²) in [6, 6.07) is 17.8. The van der Waals surface area contributed by atoms with E-state index in [0.717, 1.165) is 5.69 Å². The van der Waals surface area contributed by atoms with Gasteiger partial charge in [0.25, 0.3) is 0 Å². The lowest BCUT2D eigenvalue weighted by molar-refractivity contribution is 0.596. The van der Waals surface area contributed by atoms with Crippen LogP contribution in [0.15, 0.2) is 54.7 Å². The van der Waals surface area contributed by atoms with Crippen molar-refractivity contribution in [2.24, 2.45) is 0 Å². The molecule has 1 aromatic heterocycles. The largest absolute Gasteiger partial charge is 0.256 e. The summed E-state index contributed by atoms with van der Waals surface area (Å²) in [5.74, 6) is 0. The highest BCUT2D eigenvalue weighted by atomic mass is 28.3. The first-order chi connectivity index (χ1) is 11.2. The van der Waals surface area contributed by atoms with Crippen LogP contribution in [-0.2, 0) is 5.41 Å². The molecule has 0 spiro atoms. The van der Waals surface area contributed by atoms with Gasteiger partial charge in [-0.05, 0) is 46.0 Å². The number of hydrogen-bond acceptors (Lipinski definition) is 1. The van der Waals surface area contributed by atoms with E-state index in [-0.39, 0.29) is 5.41 Å². The molecule has 0 aliphatic rings. The molecule has 24 heavy (non-hydrogen) atoms. The predicted octanol–water partition coefficient (Wildman–Crippen LogP) is 5.74. The first kappa shape index (κ1) is 16.9. The van der Waals surface area contributed by atoms with Crippen LogP contribution in [0.4, 0.5) is 0 Å². The normalized spacial score (nSPS) is 12.6. The lowest BCUT2D eigenvalue weighted by atomic mass is 9.82. The molecule has 1 nitrogen and oxygen atoms in total. The van der Waals surface area contributed by atoms with Crippen molar-refractivity contribution in [1.29, 1.82) is 0 Å². The number of rotatable bonds is 2. The zero-order valence-electron chi connectivity index (χ0n) is 15.6. The van der Waals surface area contributed by atoms with Gasteiger partial charge in [0.2, 0.25) is 0 Å². The summed E-state index contributed by atoms with van der Waals surface area (Å²) in [6.07, 6.45) is 1.97. The highest BCUT2D eigenvalue weighted by molar-refractivity contribution is 6.88. The maximum absolute atomic E-state index is 4.68. The van der Waals surface area contributed by atoms with Crippen LogP contribution in [-0.4, -0.2) is 13.1 Å². The van der Waals surface area contributed by atoms with E-state index in [2.05, 4.69) is 93.9 Å². The number of fused-ring (bicyclic) bond motifs is 1. The van der Waals surface area contributed by atoms with E-state index in [1.165, 1.54) is 27.1 Å². The number of aromatic nitrogens is 1. The van der Waals surface area contributed by atoms with Crippen LogP contribution >= 0.6 is 0 Å². The Morgan fingerprint density at radius 2 is 1.58 bits per heavy atom. The average molecular weight is 334 g/mol. The predicted molar refractivity (Wildman–Crippen MR) is 109 cm³/mol. The van der Waals surface area contributed by atoms with E-state index in [0.29, 0.717) is 0 Å². The van der Waals surface area contributed by atoms with Gasteiger partial charge in [-0.3, -0.25) is 4.98 Å². The Kier molecular flexibility index (Phi) is 4.12. The molecule has 0 fully saturated rings. The molecule has 124 valence electrons. The molecule has 0 radical (unpaired) electrons. The molecule has 0 N–H and O–H groups in total. The Balaban J connectivity index is 2.25. The number of benzene rings is 2. The van der Waals surface area contributed by atoms with Crippen LogP contribution in [0.3, 0.4) is 0 Å². The summed E-state index contributed by atoms with van der Waals surface area (Å²) >= 11 is 0. The smallest absolute Gasteiger partial charge is 0.0777 e. The van der Waals surface area contributed by atoms with Gasteiger partial charge in [0, 0.05) is 11.8 Å². The number of pyridine rings is 1. The van der Waals surface area contributed by atoms with Crippen LogP contribution in [0.1, 0.15) is 26.3 Å². The topological polar surface area (TPSA) is 12.9 Å². The SMILES string of the molecule is CC(C)(C)c1cc(-c2cc([Si](C)(C)C)ccn2)cc2ccccc12. The summed E-state index contributed by atoms with van der Waals surface area (Å²) in [4.78, 5) is 4.68. The molecular formula is C22H27NSi. The van der Waals surface area contributed by atoms with E-state index >= 15 is 0 Å². The van der Waals surface area contributed by atoms with Crippen LogP contribution in [0.2, 0.25) is 19.6 Å². The Morgan fingerprint density at radius 3 is 2.25 bits per heavy atom. The van der Waals surface area contributed by atoms with Crippen LogP contribution in [0.5, 0.6) is 0 Å². The molecular weight excluding hydrogens is 306 g/mol. The molecule has 0 bridgehead atoms. The molecule has 0 unspecified atom stereocenters. The minimum atomic E-state index is -1.34. The van der Waals surface area contributed by atoms with Crippen molar-refractivity contribution < 1.29 is 0 Å². The average Bonchev–Trinajstić information content (AvgIpc) is 2.52. The van der Waals surface area contributed by atoms with Gasteiger partial charge >= 0.3 is 0 Å². The molecule has 0 saturated heterocycles. The molecule has 2 heteroatoms. The lowest BCUT2D eigenvalue weighted by Crippen LogP contribution is -2.37. The molecule has 3 rings (SSSR count). The fourth-order valence-corrected chi connectivity index (χ4v) is 4.28. The van der Waals surface area contributed by atoms with Crippen LogP contribution in [0.25, 0.3) is 22.0 Å². The van der Waals surface area contributed by atoms with Gasteiger partial charge in [-0.1, -0.05) is 69.9 Å². The van der Waals surface area contributed by atoms with E-state index in [1.807, 2.05) is 6.20 Å². The molecule has 0 atom stereocenters. The summed E-state index contributed by atoms with van der Waals surface area (Å²) in [5, 5.41) is 4.09. The van der Waals surface area contributed by atoms with Gasteiger partial charge < -0.3 is 0 Å². The molecule has 3 aromatic rings. The van der Waals surface area contributed by atoms with Crippen LogP contribution in [0, 0.1) is 0 Å². The molecule has 0 saturated carbocycles. The highest BCUT2D eigenvalue weighted by Gasteiger charge is 2.20. The zero-order chi connectivity index (χ0) is 17.5. The summed E-state index contributed by atoms with van der Waals surface area (Å²) in [6.45, 7) is 14.0. The van der Waals surface area contributed by atoms with Gasteiger partial charge in [0.15, 0.2) is 0 Å². The van der Waals surface area contributed by atoms with Crippen molar-refractivity contribution in [2.75, 3.05) is 0 Å². The summed E-state index contributed by atoms with van der Waals surface area (Å²) in [5.41, 5.74) is 3.80. The van der Waals surface area contributed by atoms with Gasteiger partial charge in [0.05, 0.1) is 13.8 Å². The van der Waals surface area contributed by atoms with Crippen molar-refractivity contribution in [3.8, 4) is 11.3 Å². The fraction of sp³-hybridized carbons (Fsp3) is 0.318. The Hall–Kier alpha value is -1.93. The van der Waals surface area contributed by atoms with Gasteiger partial charge in [0.1, 0.15) is 0 Å². The number of nitrogens with zero attached hydrogens (tertiary/aromatic N) is 1. The molecule has 0 aliphatic carbocycles. The minimum absolute atomic E-state index is 0.103. The Bertz CT molecular complexity index is 882. The highest BCUT2D eigenvalue weighted by Crippen LogP contribution is 2.34. The van der Waals surface area contributed by atoms with Gasteiger partial charge in [-0.25, -0.2) is 0 Å². The van der Waals surface area contributed by atoms with Crippen molar-refractivity contribution in [3.63, 3.8) is 0 Å². The summed E-state index contributed by atoms with van der Waals surface area (Å²) < 4.78 is 0. The Morgan fingerprint density at radius 1 is 0.875 bits per heavy atom. The first-order valence-electron chi connectivity index (χ1n) is 8.66. The maximum atomic E-state index is 4.68. The second-order valence-corrected chi connectivity index (χ2v) is 13.8. The van der Waals surface area contributed by atoms with Crippen molar-refractivity contribution >= 4 is 24.0 Å². The van der Waals surface area contributed by atoms with Crippen molar-refractivity contribution in [3.05, 3.63) is 60.3 Å². The van der Waals surface area contributed by atoms with E-state index in [9.17, 15) is 0 Å². The zero-order valence-corrected chi connectivity index (χ0v) is 16.6.